The van der Waals surface area contributed by atoms with E-state index in [1.165, 1.54) is 36.0 Å². The van der Waals surface area contributed by atoms with Gasteiger partial charge in [-0.1, -0.05) is 54.2 Å². The zero-order valence-electron chi connectivity index (χ0n) is 15.1. The van der Waals surface area contributed by atoms with Crippen molar-refractivity contribution < 1.29 is 19.2 Å². The molecule has 0 atom stereocenters. The van der Waals surface area contributed by atoms with Gasteiger partial charge in [-0.05, 0) is 30.3 Å². The van der Waals surface area contributed by atoms with E-state index in [-0.39, 0.29) is 11.3 Å². The highest BCUT2D eigenvalue weighted by Crippen LogP contribution is 2.33. The molecule has 3 rings (SSSR count). The number of rotatable bonds is 7. The van der Waals surface area contributed by atoms with Crippen molar-refractivity contribution in [3.8, 4) is 0 Å². The molecule has 0 aliphatic rings. The molecular weight excluding hydrogens is 392 g/mol. The van der Waals surface area contributed by atoms with Gasteiger partial charge < -0.3 is 10.1 Å². The van der Waals surface area contributed by atoms with Crippen molar-refractivity contribution in [2.75, 3.05) is 11.9 Å². The predicted molar refractivity (Wildman–Crippen MR) is 109 cm³/mol. The average molecular weight is 408 g/mol. The number of ether oxygens (including phenoxy) is 1. The van der Waals surface area contributed by atoms with Crippen LogP contribution in [0.1, 0.15) is 10.4 Å². The monoisotopic (exact) mass is 408 g/mol. The van der Waals surface area contributed by atoms with Gasteiger partial charge in [-0.15, -0.1) is 0 Å². The van der Waals surface area contributed by atoms with Gasteiger partial charge in [0, 0.05) is 15.9 Å². The number of benzene rings is 3. The Balaban J connectivity index is 1.63. The summed E-state index contributed by atoms with van der Waals surface area (Å²) in [5.41, 5.74) is 0.000872. The van der Waals surface area contributed by atoms with Crippen LogP contribution in [-0.4, -0.2) is 23.4 Å². The maximum Gasteiger partial charge on any atom is 0.345 e. The fourth-order valence-corrected chi connectivity index (χ4v) is 3.40. The smallest absolute Gasteiger partial charge is 0.345 e. The van der Waals surface area contributed by atoms with E-state index in [0.29, 0.717) is 5.69 Å². The highest BCUT2D eigenvalue weighted by molar-refractivity contribution is 7.99. The molecule has 0 heterocycles. The minimum Gasteiger partial charge on any atom is -0.452 e. The molecule has 3 aromatic carbocycles. The molecule has 1 amide bonds. The normalized spacial score (nSPS) is 10.2. The van der Waals surface area contributed by atoms with E-state index >= 15 is 0 Å². The lowest BCUT2D eigenvalue weighted by Crippen LogP contribution is -2.21. The van der Waals surface area contributed by atoms with Crippen LogP contribution in [0.4, 0.5) is 11.4 Å². The van der Waals surface area contributed by atoms with Crippen molar-refractivity contribution in [3.63, 3.8) is 0 Å². The zero-order chi connectivity index (χ0) is 20.6. The van der Waals surface area contributed by atoms with Crippen LogP contribution in [0.25, 0.3) is 0 Å². The Kier molecular flexibility index (Phi) is 6.59. The van der Waals surface area contributed by atoms with Crippen molar-refractivity contribution in [2.45, 2.75) is 9.79 Å². The van der Waals surface area contributed by atoms with Crippen molar-refractivity contribution in [1.82, 2.24) is 0 Å². The van der Waals surface area contributed by atoms with Crippen LogP contribution < -0.4 is 5.32 Å². The molecule has 0 radical (unpaired) electrons. The summed E-state index contributed by atoms with van der Waals surface area (Å²) in [6, 6.07) is 22.3. The third-order valence-electron chi connectivity index (χ3n) is 3.79. The fourth-order valence-electron chi connectivity index (χ4n) is 2.48. The Morgan fingerprint density at radius 2 is 1.59 bits per heavy atom. The summed E-state index contributed by atoms with van der Waals surface area (Å²) in [5, 5.41) is 13.7. The Hall–Kier alpha value is -3.65. The van der Waals surface area contributed by atoms with Gasteiger partial charge in [-0.25, -0.2) is 4.79 Å². The summed E-state index contributed by atoms with van der Waals surface area (Å²) in [7, 11) is 0. The zero-order valence-corrected chi connectivity index (χ0v) is 15.9. The fraction of sp³-hybridized carbons (Fsp3) is 0.0476. The first-order valence-electron chi connectivity index (χ1n) is 8.57. The standard InChI is InChI=1S/C21H16N2O5S/c24-20(14-28-21(25)16-10-4-6-12-18(16)23(26)27)22-17-11-5-7-13-19(17)29-15-8-2-1-3-9-15/h1-13H,14H2,(H,22,24). The van der Waals surface area contributed by atoms with Crippen LogP contribution in [-0.2, 0) is 9.53 Å². The molecule has 7 nitrogen and oxygen atoms in total. The van der Waals surface area contributed by atoms with E-state index < -0.39 is 23.4 Å². The molecule has 29 heavy (non-hydrogen) atoms. The van der Waals surface area contributed by atoms with Crippen molar-refractivity contribution in [2.24, 2.45) is 0 Å². The van der Waals surface area contributed by atoms with Crippen LogP contribution in [0.5, 0.6) is 0 Å². The number of amides is 1. The van der Waals surface area contributed by atoms with E-state index in [4.69, 9.17) is 4.74 Å². The Bertz CT molecular complexity index is 1040. The van der Waals surface area contributed by atoms with Crippen LogP contribution in [0.15, 0.2) is 88.7 Å². The minimum absolute atomic E-state index is 0.203. The number of hydrogen-bond donors (Lipinski definition) is 1. The molecule has 1 N–H and O–H groups in total. The summed E-state index contributed by atoms with van der Waals surface area (Å²) in [4.78, 5) is 36.5. The van der Waals surface area contributed by atoms with Gasteiger partial charge in [0.05, 0.1) is 10.6 Å². The summed E-state index contributed by atoms with van der Waals surface area (Å²) in [5.74, 6) is -1.47. The summed E-state index contributed by atoms with van der Waals surface area (Å²) < 4.78 is 4.95. The molecule has 3 aromatic rings. The molecule has 0 unspecified atom stereocenters. The highest BCUT2D eigenvalue weighted by atomic mass is 32.2. The van der Waals surface area contributed by atoms with Gasteiger partial charge in [0.1, 0.15) is 5.56 Å². The first-order valence-corrected chi connectivity index (χ1v) is 9.38. The van der Waals surface area contributed by atoms with E-state index in [9.17, 15) is 19.7 Å². The van der Waals surface area contributed by atoms with Gasteiger partial charge in [0.2, 0.25) is 0 Å². The van der Waals surface area contributed by atoms with Crippen LogP contribution in [0, 0.1) is 10.1 Å². The predicted octanol–water partition coefficient (Wildman–Crippen LogP) is 4.54. The molecule has 146 valence electrons. The third kappa shape index (κ3) is 5.43. The van der Waals surface area contributed by atoms with Crippen LogP contribution in [0.2, 0.25) is 0 Å². The quantitative estimate of drug-likeness (QED) is 0.350. The number of nitrogens with one attached hydrogen (secondary N) is 1. The van der Waals surface area contributed by atoms with E-state index in [2.05, 4.69) is 5.32 Å². The molecule has 0 aliphatic heterocycles. The van der Waals surface area contributed by atoms with Crippen molar-refractivity contribution in [3.05, 3.63) is 94.5 Å². The molecule has 0 fully saturated rings. The number of nitro benzene ring substituents is 1. The second kappa shape index (κ2) is 9.52. The number of para-hydroxylation sites is 2. The average Bonchev–Trinajstić information content (AvgIpc) is 2.74. The number of nitro groups is 1. The van der Waals surface area contributed by atoms with Gasteiger partial charge in [0.25, 0.3) is 11.6 Å². The Labute approximate surface area is 170 Å². The first kappa shape index (κ1) is 20.1. The molecule has 0 aromatic heterocycles. The van der Waals surface area contributed by atoms with E-state index in [1.807, 2.05) is 42.5 Å². The van der Waals surface area contributed by atoms with Gasteiger partial charge >= 0.3 is 5.97 Å². The molecule has 8 heteroatoms. The number of carbonyl (C=O) groups is 2. The maximum atomic E-state index is 12.2. The number of nitrogens with zero attached hydrogens (tertiary/aromatic N) is 1. The first-order chi connectivity index (χ1) is 14.0. The maximum absolute atomic E-state index is 12.2. The van der Waals surface area contributed by atoms with Crippen LogP contribution in [0.3, 0.4) is 0 Å². The molecule has 0 saturated heterocycles. The Morgan fingerprint density at radius 3 is 2.34 bits per heavy atom. The second-order valence-electron chi connectivity index (χ2n) is 5.81. The van der Waals surface area contributed by atoms with Gasteiger partial charge in [-0.3, -0.25) is 14.9 Å². The van der Waals surface area contributed by atoms with E-state index in [1.54, 1.807) is 12.1 Å². The van der Waals surface area contributed by atoms with Crippen molar-refractivity contribution in [1.29, 1.82) is 0 Å². The summed E-state index contributed by atoms with van der Waals surface area (Å²) in [6.07, 6.45) is 0. The van der Waals surface area contributed by atoms with Gasteiger partial charge in [-0.2, -0.15) is 0 Å². The Morgan fingerprint density at radius 1 is 0.931 bits per heavy atom. The van der Waals surface area contributed by atoms with Crippen LogP contribution >= 0.6 is 11.8 Å². The molecule has 0 spiro atoms. The SMILES string of the molecule is O=C(COC(=O)c1ccccc1[N+](=O)[O-])Nc1ccccc1Sc1ccccc1. The number of carbonyl (C=O) groups excluding carboxylic acids is 2. The minimum atomic E-state index is -0.931. The summed E-state index contributed by atoms with van der Waals surface area (Å²) in [6.45, 7) is -0.560. The molecular formula is C21H16N2O5S. The number of hydrogen-bond acceptors (Lipinski definition) is 6. The number of esters is 1. The molecule has 0 saturated carbocycles. The molecule has 0 aliphatic carbocycles. The van der Waals surface area contributed by atoms with Gasteiger partial charge in [0.15, 0.2) is 6.61 Å². The summed E-state index contributed by atoms with van der Waals surface area (Å²) >= 11 is 1.49. The lowest BCUT2D eigenvalue weighted by atomic mass is 10.2. The largest absolute Gasteiger partial charge is 0.452 e. The van der Waals surface area contributed by atoms with Crippen molar-refractivity contribution >= 4 is 35.0 Å². The van der Waals surface area contributed by atoms with E-state index in [0.717, 1.165) is 9.79 Å². The molecule has 0 bridgehead atoms. The lowest BCUT2D eigenvalue weighted by Gasteiger charge is -2.11. The topological polar surface area (TPSA) is 98.5 Å². The third-order valence-corrected chi connectivity index (χ3v) is 4.87. The second-order valence-corrected chi connectivity index (χ2v) is 6.93. The lowest BCUT2D eigenvalue weighted by molar-refractivity contribution is -0.385. The highest BCUT2D eigenvalue weighted by Gasteiger charge is 2.21. The number of anilines is 1.